The quantitative estimate of drug-likeness (QED) is 0.890. The SMILES string of the molecule is CCc1cc(CCc2cc(CC)c(C)[nH]c2=O)c(OC)nc1C. The molecule has 0 bridgehead atoms. The summed E-state index contributed by atoms with van der Waals surface area (Å²) in [5.74, 6) is 0.666. The Bertz CT molecular complexity index is 748. The van der Waals surface area contributed by atoms with Gasteiger partial charge in [0.15, 0.2) is 0 Å². The first-order chi connectivity index (χ1) is 11.0. The van der Waals surface area contributed by atoms with E-state index in [4.69, 9.17) is 4.74 Å². The first-order valence-electron chi connectivity index (χ1n) is 8.25. The number of hydrogen-bond acceptors (Lipinski definition) is 3. The summed E-state index contributed by atoms with van der Waals surface area (Å²) in [5.41, 5.74) is 6.30. The van der Waals surface area contributed by atoms with Crippen LogP contribution in [0.3, 0.4) is 0 Å². The van der Waals surface area contributed by atoms with Crippen LogP contribution in [0.25, 0.3) is 0 Å². The zero-order chi connectivity index (χ0) is 17.0. The van der Waals surface area contributed by atoms with Crippen LogP contribution in [0, 0.1) is 13.8 Å². The third kappa shape index (κ3) is 3.81. The maximum atomic E-state index is 12.2. The average molecular weight is 314 g/mol. The number of hydrogen-bond donors (Lipinski definition) is 1. The van der Waals surface area contributed by atoms with E-state index in [9.17, 15) is 4.79 Å². The zero-order valence-electron chi connectivity index (χ0n) is 14.7. The number of aryl methyl sites for hydroxylation is 6. The van der Waals surface area contributed by atoms with Crippen molar-refractivity contribution in [2.24, 2.45) is 0 Å². The second-order valence-corrected chi connectivity index (χ2v) is 5.88. The van der Waals surface area contributed by atoms with E-state index in [1.54, 1.807) is 7.11 Å². The summed E-state index contributed by atoms with van der Waals surface area (Å²) < 4.78 is 5.41. The highest BCUT2D eigenvalue weighted by atomic mass is 16.5. The van der Waals surface area contributed by atoms with Crippen LogP contribution in [0.5, 0.6) is 5.88 Å². The Morgan fingerprint density at radius 2 is 1.61 bits per heavy atom. The molecule has 2 aromatic heterocycles. The number of aromatic amines is 1. The molecular formula is C19H26N2O2. The average Bonchev–Trinajstić information content (AvgIpc) is 2.54. The van der Waals surface area contributed by atoms with E-state index in [2.05, 4.69) is 29.9 Å². The molecule has 0 atom stereocenters. The van der Waals surface area contributed by atoms with E-state index in [1.165, 1.54) is 11.1 Å². The van der Waals surface area contributed by atoms with E-state index in [0.717, 1.165) is 41.8 Å². The molecule has 0 amide bonds. The predicted molar refractivity (Wildman–Crippen MR) is 93.5 cm³/mol. The fraction of sp³-hybridized carbons (Fsp3) is 0.474. The Hall–Kier alpha value is -2.10. The molecule has 0 aliphatic carbocycles. The molecule has 2 aromatic rings. The number of rotatable bonds is 6. The summed E-state index contributed by atoms with van der Waals surface area (Å²) in [6.45, 7) is 8.18. The summed E-state index contributed by atoms with van der Waals surface area (Å²) in [4.78, 5) is 19.6. The number of methoxy groups -OCH3 is 1. The lowest BCUT2D eigenvalue weighted by atomic mass is 10.0. The maximum Gasteiger partial charge on any atom is 0.251 e. The molecule has 0 saturated heterocycles. The molecule has 2 heterocycles. The van der Waals surface area contributed by atoms with Gasteiger partial charge in [-0.1, -0.05) is 13.8 Å². The van der Waals surface area contributed by atoms with Crippen molar-refractivity contribution in [2.45, 2.75) is 53.4 Å². The predicted octanol–water partition coefficient (Wildman–Crippen LogP) is 3.31. The molecule has 4 heteroatoms. The second kappa shape index (κ2) is 7.44. The molecule has 0 aromatic carbocycles. The minimum absolute atomic E-state index is 0.00875. The molecule has 0 radical (unpaired) electrons. The fourth-order valence-corrected chi connectivity index (χ4v) is 2.92. The lowest BCUT2D eigenvalue weighted by Gasteiger charge is -2.12. The number of nitrogens with zero attached hydrogens (tertiary/aromatic N) is 1. The van der Waals surface area contributed by atoms with Crippen molar-refractivity contribution in [1.29, 1.82) is 0 Å². The Morgan fingerprint density at radius 3 is 2.22 bits per heavy atom. The van der Waals surface area contributed by atoms with Crippen molar-refractivity contribution in [3.8, 4) is 5.88 Å². The van der Waals surface area contributed by atoms with Crippen molar-refractivity contribution in [3.63, 3.8) is 0 Å². The lowest BCUT2D eigenvalue weighted by Crippen LogP contribution is -2.16. The van der Waals surface area contributed by atoms with Gasteiger partial charge in [0.25, 0.3) is 5.56 Å². The van der Waals surface area contributed by atoms with Crippen LogP contribution in [-0.4, -0.2) is 17.1 Å². The van der Waals surface area contributed by atoms with Gasteiger partial charge in [-0.05, 0) is 62.8 Å². The van der Waals surface area contributed by atoms with Crippen molar-refractivity contribution >= 4 is 0 Å². The molecule has 0 aliphatic rings. The van der Waals surface area contributed by atoms with Crippen LogP contribution >= 0.6 is 0 Å². The topological polar surface area (TPSA) is 55.0 Å². The van der Waals surface area contributed by atoms with Gasteiger partial charge < -0.3 is 9.72 Å². The minimum atomic E-state index is 0.00875. The van der Waals surface area contributed by atoms with Gasteiger partial charge in [-0.3, -0.25) is 4.79 Å². The van der Waals surface area contributed by atoms with E-state index in [-0.39, 0.29) is 5.56 Å². The highest BCUT2D eigenvalue weighted by Crippen LogP contribution is 2.21. The molecule has 2 rings (SSSR count). The van der Waals surface area contributed by atoms with Crippen LogP contribution in [-0.2, 0) is 25.7 Å². The fourth-order valence-electron chi connectivity index (χ4n) is 2.92. The van der Waals surface area contributed by atoms with Crippen LogP contribution < -0.4 is 10.3 Å². The Balaban J connectivity index is 2.29. The summed E-state index contributed by atoms with van der Waals surface area (Å²) in [6.07, 6.45) is 3.30. The van der Waals surface area contributed by atoms with E-state index in [0.29, 0.717) is 12.3 Å². The van der Waals surface area contributed by atoms with Gasteiger partial charge in [0.1, 0.15) is 0 Å². The number of H-pyrrole nitrogens is 1. The first kappa shape index (κ1) is 17.3. The molecule has 0 unspecified atom stereocenters. The Labute approximate surface area is 137 Å². The minimum Gasteiger partial charge on any atom is -0.481 e. The third-order valence-electron chi connectivity index (χ3n) is 4.40. The van der Waals surface area contributed by atoms with Crippen LogP contribution in [0.15, 0.2) is 16.9 Å². The molecule has 0 spiro atoms. The monoisotopic (exact) mass is 314 g/mol. The van der Waals surface area contributed by atoms with Crippen LogP contribution in [0.1, 0.15) is 47.5 Å². The summed E-state index contributed by atoms with van der Waals surface area (Å²) >= 11 is 0. The van der Waals surface area contributed by atoms with Gasteiger partial charge >= 0.3 is 0 Å². The van der Waals surface area contributed by atoms with Crippen molar-refractivity contribution in [3.05, 3.63) is 56.1 Å². The molecule has 0 saturated carbocycles. The molecule has 124 valence electrons. The number of ether oxygens (including phenoxy) is 1. The van der Waals surface area contributed by atoms with Crippen molar-refractivity contribution < 1.29 is 4.74 Å². The van der Waals surface area contributed by atoms with Crippen LogP contribution in [0.2, 0.25) is 0 Å². The van der Waals surface area contributed by atoms with Gasteiger partial charge in [-0.15, -0.1) is 0 Å². The van der Waals surface area contributed by atoms with Gasteiger partial charge in [0, 0.05) is 22.5 Å². The van der Waals surface area contributed by atoms with Gasteiger partial charge in [-0.25, -0.2) is 4.98 Å². The molecule has 23 heavy (non-hydrogen) atoms. The highest BCUT2D eigenvalue weighted by molar-refractivity contribution is 5.35. The molecule has 0 fully saturated rings. The summed E-state index contributed by atoms with van der Waals surface area (Å²) in [6, 6.07) is 4.19. The third-order valence-corrected chi connectivity index (χ3v) is 4.40. The van der Waals surface area contributed by atoms with Gasteiger partial charge in [0.05, 0.1) is 7.11 Å². The molecular weight excluding hydrogens is 288 g/mol. The van der Waals surface area contributed by atoms with E-state index >= 15 is 0 Å². The smallest absolute Gasteiger partial charge is 0.251 e. The molecule has 1 N–H and O–H groups in total. The largest absolute Gasteiger partial charge is 0.481 e. The van der Waals surface area contributed by atoms with E-state index < -0.39 is 0 Å². The molecule has 4 nitrogen and oxygen atoms in total. The molecule has 0 aliphatic heterocycles. The Morgan fingerprint density at radius 1 is 1.00 bits per heavy atom. The number of aromatic nitrogens is 2. The van der Waals surface area contributed by atoms with Gasteiger partial charge in [-0.2, -0.15) is 0 Å². The highest BCUT2D eigenvalue weighted by Gasteiger charge is 2.11. The standard InChI is InChI=1S/C19H26N2O2/c1-6-14-10-16(18(22)20-12(14)3)8-9-17-11-15(7-2)13(4)21-19(17)23-5/h10-11H,6-9H2,1-5H3,(H,20,22). The van der Waals surface area contributed by atoms with Crippen LogP contribution in [0.4, 0.5) is 0 Å². The summed E-state index contributed by atoms with van der Waals surface area (Å²) in [5, 5.41) is 0. The first-order valence-corrected chi connectivity index (χ1v) is 8.25. The number of pyridine rings is 2. The second-order valence-electron chi connectivity index (χ2n) is 5.88. The van der Waals surface area contributed by atoms with E-state index in [1.807, 2.05) is 19.9 Å². The Kier molecular flexibility index (Phi) is 5.59. The summed E-state index contributed by atoms with van der Waals surface area (Å²) in [7, 11) is 1.64. The van der Waals surface area contributed by atoms with Crippen molar-refractivity contribution in [1.82, 2.24) is 9.97 Å². The number of nitrogens with one attached hydrogen (secondary N) is 1. The normalized spacial score (nSPS) is 10.8. The zero-order valence-corrected chi connectivity index (χ0v) is 14.7. The van der Waals surface area contributed by atoms with Gasteiger partial charge in [0.2, 0.25) is 5.88 Å². The maximum absolute atomic E-state index is 12.2. The lowest BCUT2D eigenvalue weighted by molar-refractivity contribution is 0.391. The van der Waals surface area contributed by atoms with Crippen molar-refractivity contribution in [2.75, 3.05) is 7.11 Å².